The molecule has 0 aromatic heterocycles. The molecule has 0 saturated carbocycles. The van der Waals surface area contributed by atoms with Gasteiger partial charge in [-0.05, 0) is 36.2 Å². The maximum absolute atomic E-state index is 12.0. The van der Waals surface area contributed by atoms with Crippen LogP contribution in [-0.2, 0) is 6.42 Å². The van der Waals surface area contributed by atoms with Gasteiger partial charge in [0.25, 0.3) is 5.91 Å². The lowest BCUT2D eigenvalue weighted by Gasteiger charge is -2.08. The summed E-state index contributed by atoms with van der Waals surface area (Å²) in [4.78, 5) is 12.0. The van der Waals surface area contributed by atoms with Crippen LogP contribution in [0.5, 0.6) is 0 Å². The zero-order valence-electron chi connectivity index (χ0n) is 10.7. The number of hydrogen-bond acceptors (Lipinski definition) is 2. The van der Waals surface area contributed by atoms with Crippen LogP contribution in [0.4, 0.5) is 5.69 Å². The van der Waals surface area contributed by atoms with E-state index in [0.29, 0.717) is 27.8 Å². The second kappa shape index (κ2) is 6.64. The summed E-state index contributed by atoms with van der Waals surface area (Å²) in [6.07, 6.45) is 0.726. The zero-order chi connectivity index (χ0) is 14.5. The van der Waals surface area contributed by atoms with Gasteiger partial charge in [0.1, 0.15) is 0 Å². The van der Waals surface area contributed by atoms with Crippen molar-refractivity contribution in [3.05, 3.63) is 63.6 Å². The summed E-state index contributed by atoms with van der Waals surface area (Å²) in [6.45, 7) is 0.520. The zero-order valence-corrected chi connectivity index (χ0v) is 12.2. The van der Waals surface area contributed by atoms with Crippen molar-refractivity contribution < 1.29 is 4.79 Å². The second-order valence-electron chi connectivity index (χ2n) is 4.33. The van der Waals surface area contributed by atoms with Crippen molar-refractivity contribution in [2.45, 2.75) is 6.42 Å². The molecule has 0 unspecified atom stereocenters. The third-order valence-electron chi connectivity index (χ3n) is 2.91. The minimum absolute atomic E-state index is 0.223. The van der Waals surface area contributed by atoms with E-state index in [-0.39, 0.29) is 5.91 Å². The van der Waals surface area contributed by atoms with Crippen molar-refractivity contribution in [1.82, 2.24) is 5.32 Å². The Morgan fingerprint density at radius 2 is 1.80 bits per heavy atom. The third-order valence-corrected chi connectivity index (χ3v) is 3.49. The number of para-hydroxylation sites is 1. The minimum atomic E-state index is -0.223. The van der Waals surface area contributed by atoms with Crippen molar-refractivity contribution in [3.8, 4) is 0 Å². The average molecular weight is 309 g/mol. The number of nitrogens with one attached hydrogen (secondary N) is 1. The van der Waals surface area contributed by atoms with Crippen LogP contribution in [-0.4, -0.2) is 12.5 Å². The summed E-state index contributed by atoms with van der Waals surface area (Å²) >= 11 is 11.7. The van der Waals surface area contributed by atoms with E-state index in [1.165, 1.54) is 0 Å². The second-order valence-corrected chi connectivity index (χ2v) is 5.18. The first-order valence-electron chi connectivity index (χ1n) is 6.14. The summed E-state index contributed by atoms with van der Waals surface area (Å²) in [7, 11) is 0. The molecule has 3 N–H and O–H groups in total. The van der Waals surface area contributed by atoms with E-state index < -0.39 is 0 Å². The van der Waals surface area contributed by atoms with E-state index in [1.54, 1.807) is 18.2 Å². The highest BCUT2D eigenvalue weighted by Gasteiger charge is 2.10. The van der Waals surface area contributed by atoms with Gasteiger partial charge in [0.2, 0.25) is 0 Å². The Kier molecular flexibility index (Phi) is 4.88. The minimum Gasteiger partial charge on any atom is -0.397 e. The molecule has 0 spiro atoms. The van der Waals surface area contributed by atoms with E-state index in [0.717, 1.165) is 12.0 Å². The maximum atomic E-state index is 12.0. The van der Waals surface area contributed by atoms with Gasteiger partial charge in [-0.3, -0.25) is 4.79 Å². The van der Waals surface area contributed by atoms with Crippen LogP contribution in [0.2, 0.25) is 10.0 Å². The van der Waals surface area contributed by atoms with E-state index in [9.17, 15) is 4.79 Å². The number of nitrogens with two attached hydrogens (primary N) is 1. The van der Waals surface area contributed by atoms with Crippen LogP contribution in [0.25, 0.3) is 0 Å². The largest absolute Gasteiger partial charge is 0.397 e. The molecular formula is C15H14Cl2N2O. The Hall–Kier alpha value is -1.71. The molecule has 2 rings (SSSR count). The van der Waals surface area contributed by atoms with Gasteiger partial charge in [0, 0.05) is 11.6 Å². The number of hydrogen-bond donors (Lipinski definition) is 2. The van der Waals surface area contributed by atoms with Crippen molar-refractivity contribution in [2.24, 2.45) is 0 Å². The van der Waals surface area contributed by atoms with Gasteiger partial charge < -0.3 is 11.1 Å². The summed E-state index contributed by atoms with van der Waals surface area (Å²) in [5.41, 5.74) is 7.58. The Morgan fingerprint density at radius 1 is 1.10 bits per heavy atom. The fraction of sp³-hybridized carbons (Fsp3) is 0.133. The highest BCUT2D eigenvalue weighted by atomic mass is 35.5. The normalized spacial score (nSPS) is 10.3. The summed E-state index contributed by atoms with van der Waals surface area (Å²) < 4.78 is 0. The van der Waals surface area contributed by atoms with Gasteiger partial charge in [-0.2, -0.15) is 0 Å². The number of carbonyl (C=O) groups is 1. The van der Waals surface area contributed by atoms with Gasteiger partial charge in [-0.1, -0.05) is 41.4 Å². The van der Waals surface area contributed by atoms with Gasteiger partial charge in [-0.15, -0.1) is 0 Å². The van der Waals surface area contributed by atoms with E-state index >= 15 is 0 Å². The molecule has 0 aliphatic heterocycles. The first-order valence-corrected chi connectivity index (χ1v) is 6.90. The van der Waals surface area contributed by atoms with Crippen LogP contribution >= 0.6 is 23.2 Å². The molecule has 0 radical (unpaired) electrons. The van der Waals surface area contributed by atoms with Gasteiger partial charge in [0.15, 0.2) is 0 Å². The molecule has 1 amide bonds. The van der Waals surface area contributed by atoms with E-state index in [2.05, 4.69) is 5.32 Å². The molecule has 0 saturated heterocycles. The Balaban J connectivity index is 1.92. The summed E-state index contributed by atoms with van der Waals surface area (Å²) in [6, 6.07) is 12.5. The monoisotopic (exact) mass is 308 g/mol. The standard InChI is InChI=1S/C15H14Cl2N2O/c16-11-6-4-10(5-7-11)8-9-19-15(20)12-2-1-3-13(17)14(12)18/h1-7H,8-9,18H2,(H,19,20). The molecule has 20 heavy (non-hydrogen) atoms. The fourth-order valence-corrected chi connectivity index (χ4v) is 2.10. The molecule has 104 valence electrons. The number of anilines is 1. The van der Waals surface area contributed by atoms with E-state index in [1.807, 2.05) is 24.3 Å². The molecule has 0 bridgehead atoms. The maximum Gasteiger partial charge on any atom is 0.253 e. The number of carbonyl (C=O) groups excluding carboxylic acids is 1. The van der Waals surface area contributed by atoms with Gasteiger partial charge in [0.05, 0.1) is 16.3 Å². The van der Waals surface area contributed by atoms with Crippen LogP contribution in [0.3, 0.4) is 0 Å². The molecule has 0 fully saturated rings. The molecule has 0 aliphatic carbocycles. The first kappa shape index (κ1) is 14.7. The number of nitrogen functional groups attached to an aromatic ring is 1. The van der Waals surface area contributed by atoms with Crippen LogP contribution in [0, 0.1) is 0 Å². The first-order chi connectivity index (χ1) is 9.58. The number of halogens is 2. The molecule has 0 heterocycles. The summed E-state index contributed by atoms with van der Waals surface area (Å²) in [5, 5.41) is 3.90. The molecule has 2 aromatic rings. The Labute approximate surface area is 127 Å². The quantitative estimate of drug-likeness (QED) is 0.849. The predicted octanol–water partition coefficient (Wildman–Crippen LogP) is 3.55. The van der Waals surface area contributed by atoms with Crippen LogP contribution in [0.1, 0.15) is 15.9 Å². The Morgan fingerprint density at radius 3 is 2.50 bits per heavy atom. The average Bonchev–Trinajstić information content (AvgIpc) is 2.44. The highest BCUT2D eigenvalue weighted by molar-refractivity contribution is 6.34. The molecule has 0 aliphatic rings. The fourth-order valence-electron chi connectivity index (χ4n) is 1.80. The lowest BCUT2D eigenvalue weighted by atomic mass is 10.1. The van der Waals surface area contributed by atoms with Crippen molar-refractivity contribution in [2.75, 3.05) is 12.3 Å². The topological polar surface area (TPSA) is 55.1 Å². The van der Waals surface area contributed by atoms with Crippen molar-refractivity contribution in [3.63, 3.8) is 0 Å². The Bertz CT molecular complexity index is 612. The molecule has 3 nitrogen and oxygen atoms in total. The number of benzene rings is 2. The molecule has 2 aromatic carbocycles. The number of rotatable bonds is 4. The van der Waals surface area contributed by atoms with Gasteiger partial charge in [-0.25, -0.2) is 0 Å². The smallest absolute Gasteiger partial charge is 0.253 e. The lowest BCUT2D eigenvalue weighted by molar-refractivity contribution is 0.0955. The highest BCUT2D eigenvalue weighted by Crippen LogP contribution is 2.22. The number of amides is 1. The van der Waals surface area contributed by atoms with Crippen LogP contribution in [0.15, 0.2) is 42.5 Å². The van der Waals surface area contributed by atoms with Crippen LogP contribution < -0.4 is 11.1 Å². The van der Waals surface area contributed by atoms with Crippen molar-refractivity contribution in [1.29, 1.82) is 0 Å². The summed E-state index contributed by atoms with van der Waals surface area (Å²) in [5.74, 6) is -0.223. The lowest BCUT2D eigenvalue weighted by Crippen LogP contribution is -2.26. The van der Waals surface area contributed by atoms with Gasteiger partial charge >= 0.3 is 0 Å². The predicted molar refractivity (Wildman–Crippen MR) is 83.4 cm³/mol. The SMILES string of the molecule is Nc1c(Cl)cccc1C(=O)NCCc1ccc(Cl)cc1. The third kappa shape index (κ3) is 3.65. The molecular weight excluding hydrogens is 295 g/mol. The van der Waals surface area contributed by atoms with Crippen molar-refractivity contribution >= 4 is 34.8 Å². The molecule has 5 heteroatoms. The van der Waals surface area contributed by atoms with E-state index in [4.69, 9.17) is 28.9 Å². The molecule has 0 atom stereocenters.